The Morgan fingerprint density at radius 2 is 1.56 bits per heavy atom. The van der Waals surface area contributed by atoms with Gasteiger partial charge in [0.25, 0.3) is 0 Å². The molecule has 0 saturated carbocycles. The zero-order valence-corrected chi connectivity index (χ0v) is 22.9. The van der Waals surface area contributed by atoms with Crippen molar-refractivity contribution >= 4 is 73.6 Å². The molecule has 2 aromatic carbocycles. The molecule has 0 aromatic heterocycles. The molecule has 11 heteroatoms. The summed E-state index contributed by atoms with van der Waals surface area (Å²) in [4.78, 5) is 37.7. The first-order valence-corrected chi connectivity index (χ1v) is 12.9. The lowest BCUT2D eigenvalue weighted by Gasteiger charge is -2.22. The quantitative estimate of drug-likeness (QED) is 0.247. The molecule has 1 aliphatic carbocycles. The van der Waals surface area contributed by atoms with Gasteiger partial charge in [0.15, 0.2) is 2.14 Å². The molecule has 1 N–H and O–H groups in total. The van der Waals surface area contributed by atoms with Crippen molar-refractivity contribution in [3.05, 3.63) is 59.7 Å². The highest BCUT2D eigenvalue weighted by Gasteiger charge is 2.29. The van der Waals surface area contributed by atoms with Crippen LogP contribution < -0.4 is 5.32 Å². The SMILES string of the molecule is [B]CC(=O)N(CCNC(=O)OCC1c2ccccc2-c2ccccc21)CC(=O)OCC(Br)(Br)Br. The summed E-state index contributed by atoms with van der Waals surface area (Å²) in [5, 5.41) is 2.62. The Kier molecular flexibility index (Phi) is 9.61. The highest BCUT2D eigenvalue weighted by molar-refractivity contribution is 9.39. The highest BCUT2D eigenvalue weighted by Crippen LogP contribution is 2.44. The van der Waals surface area contributed by atoms with Gasteiger partial charge in [-0.3, -0.25) is 9.59 Å². The van der Waals surface area contributed by atoms with Crippen molar-refractivity contribution < 1.29 is 23.9 Å². The zero-order valence-electron chi connectivity index (χ0n) is 18.1. The van der Waals surface area contributed by atoms with Gasteiger partial charge in [-0.1, -0.05) is 96.3 Å². The van der Waals surface area contributed by atoms with E-state index in [0.29, 0.717) is 0 Å². The van der Waals surface area contributed by atoms with Gasteiger partial charge in [-0.25, -0.2) is 4.79 Å². The number of fused-ring (bicyclic) bond motifs is 3. The number of nitrogens with one attached hydrogen (secondary N) is 1. The molecule has 0 fully saturated rings. The molecular weight excluding hydrogens is 635 g/mol. The Bertz CT molecular complexity index is 1000. The first-order chi connectivity index (χ1) is 16.2. The third-order valence-electron chi connectivity index (χ3n) is 5.24. The predicted molar refractivity (Wildman–Crippen MR) is 141 cm³/mol. The fourth-order valence-corrected chi connectivity index (χ4v) is 4.07. The number of halogens is 3. The van der Waals surface area contributed by atoms with Crippen LogP contribution in [0.1, 0.15) is 17.0 Å². The van der Waals surface area contributed by atoms with Crippen LogP contribution in [0.3, 0.4) is 0 Å². The molecule has 0 aliphatic heterocycles. The number of benzene rings is 2. The van der Waals surface area contributed by atoms with Crippen LogP contribution in [0.2, 0.25) is 6.32 Å². The number of amides is 2. The van der Waals surface area contributed by atoms with E-state index in [2.05, 4.69) is 65.2 Å². The van der Waals surface area contributed by atoms with Gasteiger partial charge in [-0.05, 0) is 28.6 Å². The molecule has 2 amide bonds. The summed E-state index contributed by atoms with van der Waals surface area (Å²) in [7, 11) is 5.44. The van der Waals surface area contributed by atoms with Gasteiger partial charge in [0, 0.05) is 19.0 Å². The van der Waals surface area contributed by atoms with Crippen LogP contribution in [-0.2, 0) is 19.1 Å². The first-order valence-electron chi connectivity index (χ1n) is 10.5. The van der Waals surface area contributed by atoms with Crippen molar-refractivity contribution in [1.29, 1.82) is 0 Å². The lowest BCUT2D eigenvalue weighted by molar-refractivity contribution is -0.148. The molecule has 0 atom stereocenters. The molecule has 0 bridgehead atoms. The fraction of sp³-hybridized carbons (Fsp3) is 0.348. The Hall–Kier alpha value is -1.85. The van der Waals surface area contributed by atoms with Gasteiger partial charge in [-0.2, -0.15) is 0 Å². The smallest absolute Gasteiger partial charge is 0.407 e. The van der Waals surface area contributed by atoms with Gasteiger partial charge in [-0.15, -0.1) is 0 Å². The Morgan fingerprint density at radius 1 is 0.971 bits per heavy atom. The molecule has 2 radical (unpaired) electrons. The van der Waals surface area contributed by atoms with E-state index in [1.165, 1.54) is 4.90 Å². The number of hydrogen-bond acceptors (Lipinski definition) is 5. The van der Waals surface area contributed by atoms with Crippen molar-refractivity contribution in [3.8, 4) is 11.1 Å². The second kappa shape index (κ2) is 12.2. The number of hydrogen-bond donors (Lipinski definition) is 1. The number of rotatable bonds is 9. The largest absolute Gasteiger partial charge is 0.461 e. The number of alkyl halides is 3. The Morgan fingerprint density at radius 3 is 2.12 bits per heavy atom. The lowest BCUT2D eigenvalue weighted by Crippen LogP contribution is -2.42. The minimum atomic E-state index is -0.739. The van der Waals surface area contributed by atoms with Gasteiger partial charge >= 0.3 is 12.1 Å². The summed E-state index contributed by atoms with van der Waals surface area (Å²) < 4.78 is 9.83. The molecular formula is C23H22BBr3N2O5. The molecule has 34 heavy (non-hydrogen) atoms. The maximum atomic E-state index is 12.3. The summed E-state index contributed by atoms with van der Waals surface area (Å²) in [5.41, 5.74) is 4.53. The average molecular weight is 657 g/mol. The minimum absolute atomic E-state index is 0.00547. The Balaban J connectivity index is 1.49. The van der Waals surface area contributed by atoms with E-state index >= 15 is 0 Å². The fourth-order valence-electron chi connectivity index (χ4n) is 3.73. The highest BCUT2D eigenvalue weighted by atomic mass is 80.0. The Labute approximate surface area is 224 Å². The lowest BCUT2D eigenvalue weighted by atomic mass is 9.98. The monoisotopic (exact) mass is 654 g/mol. The standard InChI is InChI=1S/C23H22BBr3N2O5/c24-11-20(30)29(12-21(31)34-14-23(25,26)27)10-9-28-22(32)33-13-19-17-7-3-1-5-15(17)16-6-2-4-8-18(16)19/h1-8,19H,9-14H2,(H,28,32). The number of esters is 1. The third-order valence-corrected chi connectivity index (χ3v) is 5.93. The van der Waals surface area contributed by atoms with Crippen molar-refractivity contribution in [2.75, 3.05) is 32.8 Å². The minimum Gasteiger partial charge on any atom is -0.461 e. The molecule has 7 nitrogen and oxygen atoms in total. The maximum absolute atomic E-state index is 12.3. The summed E-state index contributed by atoms with van der Waals surface area (Å²) in [6.07, 6.45) is -0.871. The molecule has 0 saturated heterocycles. The van der Waals surface area contributed by atoms with Gasteiger partial charge in [0.2, 0.25) is 5.91 Å². The van der Waals surface area contributed by atoms with Crippen LogP contribution in [0.4, 0.5) is 4.79 Å². The molecule has 2 aromatic rings. The first kappa shape index (κ1) is 26.8. The van der Waals surface area contributed by atoms with Crippen molar-refractivity contribution in [2.24, 2.45) is 0 Å². The number of carbonyl (C=O) groups excluding carboxylic acids is 3. The van der Waals surface area contributed by atoms with Gasteiger partial charge in [0.1, 0.15) is 19.8 Å². The number of ether oxygens (including phenoxy) is 2. The van der Waals surface area contributed by atoms with Gasteiger partial charge < -0.3 is 19.7 Å². The van der Waals surface area contributed by atoms with Crippen LogP contribution >= 0.6 is 47.8 Å². The maximum Gasteiger partial charge on any atom is 0.407 e. The number of carbonyl (C=O) groups is 3. The van der Waals surface area contributed by atoms with E-state index in [9.17, 15) is 14.4 Å². The second-order valence-corrected chi connectivity index (χ2v) is 14.8. The van der Waals surface area contributed by atoms with Crippen LogP contribution in [0.25, 0.3) is 11.1 Å². The number of alkyl carbamates (subject to hydrolysis) is 1. The van der Waals surface area contributed by atoms with Crippen LogP contribution in [0.15, 0.2) is 48.5 Å². The van der Waals surface area contributed by atoms with E-state index < -0.39 is 20.1 Å². The molecule has 178 valence electrons. The molecule has 0 heterocycles. The average Bonchev–Trinajstić information content (AvgIpc) is 3.13. The summed E-state index contributed by atoms with van der Waals surface area (Å²) in [6.45, 7) is 0.0668. The van der Waals surface area contributed by atoms with Crippen LogP contribution in [0.5, 0.6) is 0 Å². The summed E-state index contributed by atoms with van der Waals surface area (Å²) in [6, 6.07) is 16.1. The third kappa shape index (κ3) is 7.32. The van der Waals surface area contributed by atoms with Crippen LogP contribution in [0, 0.1) is 0 Å². The topological polar surface area (TPSA) is 84.9 Å². The van der Waals surface area contributed by atoms with Crippen molar-refractivity contribution in [3.63, 3.8) is 0 Å². The van der Waals surface area contributed by atoms with Gasteiger partial charge in [0.05, 0.1) is 7.85 Å². The molecule has 0 unspecified atom stereocenters. The molecule has 1 aliphatic rings. The van der Waals surface area contributed by atoms with E-state index in [4.69, 9.17) is 17.3 Å². The van der Waals surface area contributed by atoms with E-state index in [1.807, 2.05) is 36.4 Å². The summed E-state index contributed by atoms with van der Waals surface area (Å²) >= 11 is 9.67. The second-order valence-electron chi connectivity index (χ2n) is 7.55. The molecule has 0 spiro atoms. The van der Waals surface area contributed by atoms with E-state index in [0.717, 1.165) is 22.3 Å². The predicted octanol–water partition coefficient (Wildman–Crippen LogP) is 4.32. The van der Waals surface area contributed by atoms with Crippen molar-refractivity contribution in [1.82, 2.24) is 10.2 Å². The number of nitrogens with zero attached hydrogens (tertiary/aromatic N) is 1. The van der Waals surface area contributed by atoms with Crippen molar-refractivity contribution in [2.45, 2.75) is 14.4 Å². The zero-order chi connectivity index (χ0) is 24.7. The van der Waals surface area contributed by atoms with E-state index in [-0.39, 0.29) is 45.1 Å². The normalized spacial score (nSPS) is 12.4. The summed E-state index contributed by atoms with van der Waals surface area (Å²) in [5.74, 6) is -1.09. The van der Waals surface area contributed by atoms with E-state index in [1.54, 1.807) is 0 Å². The molecule has 3 rings (SSSR count). The van der Waals surface area contributed by atoms with Crippen LogP contribution in [-0.4, -0.2) is 65.7 Å².